The van der Waals surface area contributed by atoms with Gasteiger partial charge in [-0.2, -0.15) is 9.78 Å². The number of aromatic nitrogens is 3. The van der Waals surface area contributed by atoms with Crippen molar-refractivity contribution in [3.05, 3.63) is 27.0 Å². The molecule has 1 unspecified atom stereocenters. The Balaban J connectivity index is 2.55. The van der Waals surface area contributed by atoms with Gasteiger partial charge in [0, 0.05) is 5.38 Å². The van der Waals surface area contributed by atoms with Gasteiger partial charge >= 0.3 is 5.69 Å². The molecule has 2 heterocycles. The van der Waals surface area contributed by atoms with Crippen LogP contribution in [0.4, 0.5) is 0 Å². The summed E-state index contributed by atoms with van der Waals surface area (Å²) in [5.41, 5.74) is -1.60. The van der Waals surface area contributed by atoms with Gasteiger partial charge in [0.05, 0.1) is 6.61 Å². The van der Waals surface area contributed by atoms with Gasteiger partial charge in [-0.3, -0.25) is 9.78 Å². The molecular formula is C10H9Cl2N3O5. The van der Waals surface area contributed by atoms with Gasteiger partial charge in [-0.1, -0.05) is 17.5 Å². The fourth-order valence-electron chi connectivity index (χ4n) is 1.87. The number of aliphatic hydroxyl groups excluding tert-OH is 2. The summed E-state index contributed by atoms with van der Waals surface area (Å²) in [6, 6.07) is 0. The zero-order valence-corrected chi connectivity index (χ0v) is 11.3. The van der Waals surface area contributed by atoms with Crippen LogP contribution in [0.5, 0.6) is 0 Å². The minimum atomic E-state index is -1.79. The van der Waals surface area contributed by atoms with Crippen molar-refractivity contribution in [1.29, 1.82) is 0 Å². The Labute approximate surface area is 121 Å². The first-order chi connectivity index (χ1) is 9.43. The summed E-state index contributed by atoms with van der Waals surface area (Å²) < 4.78 is 6.00. The Morgan fingerprint density at radius 1 is 1.60 bits per heavy atom. The molecule has 8 nitrogen and oxygen atoms in total. The quantitative estimate of drug-likeness (QED) is 0.444. The second-order valence-corrected chi connectivity index (χ2v) is 4.84. The second kappa shape index (κ2) is 5.55. The number of aromatic amines is 1. The van der Waals surface area contributed by atoms with E-state index in [2.05, 4.69) is 11.0 Å². The predicted molar refractivity (Wildman–Crippen MR) is 68.3 cm³/mol. The third kappa shape index (κ3) is 2.34. The van der Waals surface area contributed by atoms with Crippen molar-refractivity contribution in [2.45, 2.75) is 23.3 Å². The summed E-state index contributed by atoms with van der Waals surface area (Å²) in [7, 11) is 0. The number of hydrogen-bond donors (Lipinski definition) is 3. The molecule has 0 spiro atoms. The van der Waals surface area contributed by atoms with Crippen LogP contribution in [0.15, 0.2) is 15.8 Å². The molecule has 4 atom stereocenters. The van der Waals surface area contributed by atoms with E-state index >= 15 is 0 Å². The highest BCUT2D eigenvalue weighted by atomic mass is 35.5. The van der Waals surface area contributed by atoms with Gasteiger partial charge in [-0.15, -0.1) is 0 Å². The maximum atomic E-state index is 11.7. The van der Waals surface area contributed by atoms with Gasteiger partial charge in [-0.25, -0.2) is 4.79 Å². The minimum Gasteiger partial charge on any atom is -0.394 e. The molecule has 0 aliphatic carbocycles. The van der Waals surface area contributed by atoms with Crippen LogP contribution in [0.3, 0.4) is 0 Å². The summed E-state index contributed by atoms with van der Waals surface area (Å²) >= 11 is 11.5. The number of H-pyrrole nitrogens is 1. The van der Waals surface area contributed by atoms with Crippen LogP contribution in [0.2, 0.25) is 0 Å². The van der Waals surface area contributed by atoms with Crippen molar-refractivity contribution < 1.29 is 14.9 Å². The minimum absolute atomic E-state index is 0.547. The Kier molecular flexibility index (Phi) is 4.17. The molecule has 1 aliphatic rings. The molecule has 1 saturated heterocycles. The average Bonchev–Trinajstić information content (AvgIpc) is 2.63. The van der Waals surface area contributed by atoms with Crippen LogP contribution in [0.25, 0.3) is 0 Å². The summed E-state index contributed by atoms with van der Waals surface area (Å²) in [6.45, 7) is -0.547. The van der Waals surface area contributed by atoms with Crippen molar-refractivity contribution in [3.8, 4) is 11.3 Å². The molecule has 1 aromatic heterocycles. The zero-order valence-electron chi connectivity index (χ0n) is 9.79. The van der Waals surface area contributed by atoms with Crippen molar-refractivity contribution in [1.82, 2.24) is 14.8 Å². The maximum absolute atomic E-state index is 11.7. The van der Waals surface area contributed by atoms with Gasteiger partial charge < -0.3 is 14.9 Å². The molecule has 0 saturated carbocycles. The lowest BCUT2D eigenvalue weighted by molar-refractivity contribution is -0.0514. The van der Waals surface area contributed by atoms with Gasteiger partial charge in [-0.05, 0) is 11.6 Å². The lowest BCUT2D eigenvalue weighted by atomic mass is 10.00. The molecule has 3 N–H and O–H groups in total. The third-order valence-corrected chi connectivity index (χ3v) is 3.42. The molecule has 2 rings (SSSR count). The first kappa shape index (κ1) is 15.0. The number of halogens is 2. The highest BCUT2D eigenvalue weighted by Gasteiger charge is 2.56. The monoisotopic (exact) mass is 321 g/mol. The molecule has 108 valence electrons. The number of aliphatic hydroxyl groups is 2. The Hall–Kier alpha value is -1.37. The number of alkyl halides is 1. The van der Waals surface area contributed by atoms with Crippen molar-refractivity contribution in [2.24, 2.45) is 0 Å². The first-order valence-corrected chi connectivity index (χ1v) is 6.14. The average molecular weight is 322 g/mol. The van der Waals surface area contributed by atoms with Crippen LogP contribution >= 0.6 is 23.2 Å². The van der Waals surface area contributed by atoms with Gasteiger partial charge in [0.25, 0.3) is 5.56 Å². The SMILES string of the molecule is O=c1cnn([C@@H]2O[C@H](CO)C(O)[C@]2(Cl)C#CCl)c(=O)[nH]1. The summed E-state index contributed by atoms with van der Waals surface area (Å²) in [5.74, 6) is 2.33. The molecule has 0 radical (unpaired) electrons. The Morgan fingerprint density at radius 3 is 2.85 bits per heavy atom. The van der Waals surface area contributed by atoms with Crippen LogP contribution in [0.1, 0.15) is 6.23 Å². The van der Waals surface area contributed by atoms with Gasteiger partial charge in [0.1, 0.15) is 18.4 Å². The molecule has 0 amide bonds. The fourth-order valence-corrected chi connectivity index (χ4v) is 2.41. The first-order valence-electron chi connectivity index (χ1n) is 5.38. The maximum Gasteiger partial charge on any atom is 0.347 e. The smallest absolute Gasteiger partial charge is 0.347 e. The Bertz CT molecular complexity index is 678. The normalized spacial score (nSPS) is 32.7. The third-order valence-electron chi connectivity index (χ3n) is 2.82. The summed E-state index contributed by atoms with van der Waals surface area (Å²) in [4.78, 5) is 22.9. The molecule has 1 fully saturated rings. The van der Waals surface area contributed by atoms with E-state index in [1.165, 1.54) is 0 Å². The van der Waals surface area contributed by atoms with Gasteiger partial charge in [0.15, 0.2) is 11.1 Å². The van der Waals surface area contributed by atoms with Crippen LogP contribution in [-0.4, -0.2) is 48.7 Å². The molecule has 10 heteroatoms. The van der Waals surface area contributed by atoms with Crippen molar-refractivity contribution in [3.63, 3.8) is 0 Å². The lowest BCUT2D eigenvalue weighted by Gasteiger charge is -2.24. The largest absolute Gasteiger partial charge is 0.394 e. The summed E-state index contributed by atoms with van der Waals surface area (Å²) in [5, 5.41) is 24.7. The second-order valence-electron chi connectivity index (χ2n) is 4.03. The van der Waals surface area contributed by atoms with Crippen LogP contribution < -0.4 is 11.2 Å². The van der Waals surface area contributed by atoms with Crippen molar-refractivity contribution in [2.75, 3.05) is 6.61 Å². The van der Waals surface area contributed by atoms with E-state index in [1.54, 1.807) is 0 Å². The van der Waals surface area contributed by atoms with Crippen LogP contribution in [0, 0.1) is 11.3 Å². The molecule has 20 heavy (non-hydrogen) atoms. The van der Waals surface area contributed by atoms with E-state index in [0.717, 1.165) is 6.20 Å². The number of nitrogens with zero attached hydrogens (tertiary/aromatic N) is 2. The van der Waals surface area contributed by atoms with E-state index in [1.807, 2.05) is 10.4 Å². The van der Waals surface area contributed by atoms with E-state index in [9.17, 15) is 14.7 Å². The number of nitrogens with one attached hydrogen (secondary N) is 1. The van der Waals surface area contributed by atoms with E-state index in [4.69, 9.17) is 33.0 Å². The predicted octanol–water partition coefficient (Wildman–Crippen LogP) is -1.64. The fraction of sp³-hybridized carbons (Fsp3) is 0.500. The van der Waals surface area contributed by atoms with E-state index in [-0.39, 0.29) is 0 Å². The van der Waals surface area contributed by atoms with Crippen LogP contribution in [-0.2, 0) is 4.74 Å². The number of hydrogen-bond acceptors (Lipinski definition) is 6. The highest BCUT2D eigenvalue weighted by molar-refractivity contribution is 6.32. The molecule has 1 aliphatic heterocycles. The number of ether oxygens (including phenoxy) is 1. The standard InChI is InChI=1S/C10H9Cl2N3O5/c11-2-1-10(12)7(18)5(4-16)20-8(10)15-9(19)14-6(17)3-13-15/h3,5,7-8,16,18H,4H2,(H,14,17,19)/t5-,7?,8-,10-/m1/s1. The number of rotatable bonds is 2. The molecule has 0 bridgehead atoms. The highest BCUT2D eigenvalue weighted by Crippen LogP contribution is 2.42. The summed E-state index contributed by atoms with van der Waals surface area (Å²) in [6.07, 6.45) is -2.97. The Morgan fingerprint density at radius 2 is 2.30 bits per heavy atom. The van der Waals surface area contributed by atoms with E-state index < -0.39 is 41.2 Å². The van der Waals surface area contributed by atoms with E-state index in [0.29, 0.717) is 4.68 Å². The molecule has 0 aromatic carbocycles. The van der Waals surface area contributed by atoms with Crippen molar-refractivity contribution >= 4 is 23.2 Å². The molecular weight excluding hydrogens is 313 g/mol. The topological polar surface area (TPSA) is 117 Å². The van der Waals surface area contributed by atoms with Gasteiger partial charge in [0.2, 0.25) is 0 Å². The molecule has 1 aromatic rings. The zero-order chi connectivity index (χ0) is 14.9. The lowest BCUT2D eigenvalue weighted by Crippen LogP contribution is -2.45.